The number of aromatic nitrogens is 1. The van der Waals surface area contributed by atoms with Crippen LogP contribution in [0.5, 0.6) is 0 Å². The van der Waals surface area contributed by atoms with Gasteiger partial charge in [0, 0.05) is 59.8 Å². The normalized spacial score (nSPS) is 11.2. The Labute approximate surface area is 399 Å². The van der Waals surface area contributed by atoms with Crippen LogP contribution < -0.4 is 10.6 Å². The quantitative estimate of drug-likeness (QED) is 0.149. The standard InChI is InChI=1S/C14H10.C13H11N.C12H10N2.C12H8O.C12H8S/c1-3-7-13-11(5-1)9-10-12-6-2-4-8-14(12)13;1-14-12-8-4-2-6-10(12)11-7-3-5-9-13(11)14;1-2-6-10-9(5-1)13-11-7-3-4-8-12(11)14-10;2*1-3-7-11-9(5-1)10-6-2-4-8-12(10)13-11/h1-10H;2-9H,1H3;1-8,13-14H;2*1-8H. The van der Waals surface area contributed by atoms with Gasteiger partial charge in [0.1, 0.15) is 11.2 Å². The van der Waals surface area contributed by atoms with Gasteiger partial charge in [-0.25, -0.2) is 0 Å². The summed E-state index contributed by atoms with van der Waals surface area (Å²) < 4.78 is 10.6. The smallest absolute Gasteiger partial charge is 0.135 e. The zero-order chi connectivity index (χ0) is 45.7. The van der Waals surface area contributed by atoms with Gasteiger partial charge >= 0.3 is 0 Å². The number of hydrogen-bond donors (Lipinski definition) is 2. The Balaban J connectivity index is 0.0000000932. The molecule has 14 aromatic rings. The number of thiophene rings is 1. The van der Waals surface area contributed by atoms with Crippen molar-refractivity contribution < 1.29 is 4.42 Å². The molecule has 3 aromatic heterocycles. The lowest BCUT2D eigenvalue weighted by Crippen LogP contribution is -2.05. The molecule has 4 nitrogen and oxygen atoms in total. The second-order valence-corrected chi connectivity index (χ2v) is 17.7. The molecule has 0 radical (unpaired) electrons. The molecule has 326 valence electrons. The molecule has 1 aliphatic rings. The lowest BCUT2D eigenvalue weighted by atomic mass is 10.0. The number of nitrogens with one attached hydrogen (secondary N) is 2. The fraction of sp³-hybridized carbons (Fsp3) is 0.0159. The number of fused-ring (bicyclic) bond motifs is 14. The summed E-state index contributed by atoms with van der Waals surface area (Å²) >= 11 is 1.86. The molecule has 0 aliphatic carbocycles. The Bertz CT molecular complexity index is 3630. The third-order valence-electron chi connectivity index (χ3n) is 12.4. The summed E-state index contributed by atoms with van der Waals surface area (Å²) in [6, 6.07) is 88.1. The van der Waals surface area contributed by atoms with E-state index in [1.807, 2.05) is 72.0 Å². The zero-order valence-electron chi connectivity index (χ0n) is 37.5. The fourth-order valence-corrected chi connectivity index (χ4v) is 10.2. The minimum atomic E-state index is 0.962. The second-order valence-electron chi connectivity index (χ2n) is 16.6. The Morgan fingerprint density at radius 1 is 0.294 bits per heavy atom. The first-order chi connectivity index (χ1) is 33.7. The molecule has 11 aromatic carbocycles. The monoisotopic (exact) mass is 893 g/mol. The summed E-state index contributed by atoms with van der Waals surface area (Å²) in [6.45, 7) is 0. The lowest BCUT2D eigenvalue weighted by Gasteiger charge is -2.22. The van der Waals surface area contributed by atoms with Crippen LogP contribution in [0.15, 0.2) is 259 Å². The van der Waals surface area contributed by atoms with Crippen molar-refractivity contribution in [3.63, 3.8) is 0 Å². The number of aryl methyl sites for hydroxylation is 1. The van der Waals surface area contributed by atoms with Gasteiger partial charge in [-0.05, 0) is 82.2 Å². The van der Waals surface area contributed by atoms with Gasteiger partial charge in [0.25, 0.3) is 0 Å². The number of nitrogens with zero attached hydrogens (tertiary/aromatic N) is 1. The summed E-state index contributed by atoms with van der Waals surface area (Å²) in [5, 5.41) is 19.9. The van der Waals surface area contributed by atoms with Gasteiger partial charge in [-0.1, -0.05) is 194 Å². The topological polar surface area (TPSA) is 42.1 Å². The van der Waals surface area contributed by atoms with E-state index in [4.69, 9.17) is 4.42 Å². The fourth-order valence-electron chi connectivity index (χ4n) is 9.11. The van der Waals surface area contributed by atoms with Crippen molar-refractivity contribution in [1.29, 1.82) is 0 Å². The minimum Gasteiger partial charge on any atom is -0.456 e. The number of para-hydroxylation sites is 8. The molecule has 15 rings (SSSR count). The maximum Gasteiger partial charge on any atom is 0.135 e. The van der Waals surface area contributed by atoms with Crippen LogP contribution in [0.2, 0.25) is 0 Å². The van der Waals surface area contributed by atoms with Gasteiger partial charge in [-0.15, -0.1) is 11.3 Å². The highest BCUT2D eigenvalue weighted by atomic mass is 32.1. The Morgan fingerprint density at radius 2 is 0.603 bits per heavy atom. The molecule has 0 amide bonds. The maximum absolute atomic E-state index is 5.65. The van der Waals surface area contributed by atoms with Crippen molar-refractivity contribution in [2.45, 2.75) is 0 Å². The SMILES string of the molecule is Cn1c2ccccc2c2ccccc21.c1ccc2c(c1)Nc1ccccc1N2.c1ccc2c(c1)ccc1ccccc12.c1ccc2c(c1)oc1ccccc12.c1ccc2c(c1)sc1ccccc12. The first-order valence-corrected chi connectivity index (χ1v) is 23.7. The Morgan fingerprint density at radius 3 is 1.03 bits per heavy atom. The molecule has 0 saturated heterocycles. The molecule has 5 heteroatoms. The van der Waals surface area contributed by atoms with Crippen molar-refractivity contribution in [2.24, 2.45) is 7.05 Å². The van der Waals surface area contributed by atoms with E-state index >= 15 is 0 Å². The average Bonchev–Trinajstić information content (AvgIpc) is 4.08. The molecule has 0 atom stereocenters. The predicted octanol–water partition coefficient (Wildman–Crippen LogP) is 18.5. The average molecular weight is 894 g/mol. The third kappa shape index (κ3) is 8.51. The molecular weight excluding hydrogens is 847 g/mol. The Hall–Kier alpha value is -8.64. The molecule has 0 fully saturated rings. The van der Waals surface area contributed by atoms with E-state index < -0.39 is 0 Å². The van der Waals surface area contributed by atoms with Crippen molar-refractivity contribution in [1.82, 2.24) is 4.57 Å². The predicted molar refractivity (Wildman–Crippen MR) is 294 cm³/mol. The van der Waals surface area contributed by atoms with Gasteiger partial charge in [0.05, 0.1) is 22.7 Å². The van der Waals surface area contributed by atoms with Crippen LogP contribution in [0.3, 0.4) is 0 Å². The molecule has 1 aliphatic heterocycles. The number of rotatable bonds is 0. The van der Waals surface area contributed by atoms with E-state index in [1.165, 1.54) is 74.3 Å². The molecule has 0 bridgehead atoms. The highest BCUT2D eigenvalue weighted by Crippen LogP contribution is 2.38. The first kappa shape index (κ1) is 42.0. The maximum atomic E-state index is 5.65. The summed E-state index contributed by atoms with van der Waals surface area (Å²) in [4.78, 5) is 0. The third-order valence-corrected chi connectivity index (χ3v) is 13.6. The highest BCUT2D eigenvalue weighted by molar-refractivity contribution is 7.25. The van der Waals surface area contributed by atoms with Gasteiger partial charge in [-0.3, -0.25) is 0 Å². The molecule has 4 heterocycles. The van der Waals surface area contributed by atoms with Gasteiger partial charge in [0.2, 0.25) is 0 Å². The molecule has 0 saturated carbocycles. The molecular formula is C63H47N3OS. The Kier molecular flexibility index (Phi) is 11.8. The second kappa shape index (κ2) is 19.1. The van der Waals surface area contributed by atoms with Crippen LogP contribution in [-0.4, -0.2) is 4.57 Å². The molecule has 0 spiro atoms. The number of hydrogen-bond acceptors (Lipinski definition) is 4. The van der Waals surface area contributed by atoms with Crippen molar-refractivity contribution in [2.75, 3.05) is 10.6 Å². The number of anilines is 4. The highest BCUT2D eigenvalue weighted by Gasteiger charge is 2.12. The van der Waals surface area contributed by atoms with E-state index in [2.05, 4.69) is 216 Å². The van der Waals surface area contributed by atoms with Crippen molar-refractivity contribution in [3.05, 3.63) is 255 Å². The van der Waals surface area contributed by atoms with Crippen LogP contribution in [0, 0.1) is 0 Å². The lowest BCUT2D eigenvalue weighted by molar-refractivity contribution is 0.669. The van der Waals surface area contributed by atoms with Gasteiger partial charge in [0.15, 0.2) is 0 Å². The van der Waals surface area contributed by atoms with Crippen LogP contribution >= 0.6 is 11.3 Å². The number of furan rings is 1. The van der Waals surface area contributed by atoms with E-state index in [1.54, 1.807) is 0 Å². The molecule has 68 heavy (non-hydrogen) atoms. The van der Waals surface area contributed by atoms with E-state index in [0.717, 1.165) is 33.9 Å². The first-order valence-electron chi connectivity index (χ1n) is 22.9. The summed E-state index contributed by atoms with van der Waals surface area (Å²) in [7, 11) is 2.12. The van der Waals surface area contributed by atoms with Crippen molar-refractivity contribution >= 4 is 120 Å². The molecule has 0 unspecified atom stereocenters. The van der Waals surface area contributed by atoms with Gasteiger partial charge in [-0.2, -0.15) is 0 Å². The minimum absolute atomic E-state index is 0.962. The van der Waals surface area contributed by atoms with E-state index in [9.17, 15) is 0 Å². The number of benzene rings is 11. The largest absolute Gasteiger partial charge is 0.456 e. The van der Waals surface area contributed by atoms with Crippen LogP contribution in [0.4, 0.5) is 22.7 Å². The summed E-state index contributed by atoms with van der Waals surface area (Å²) in [5.41, 5.74) is 9.05. The van der Waals surface area contributed by atoms with Crippen LogP contribution in [0.25, 0.3) is 85.5 Å². The van der Waals surface area contributed by atoms with Crippen LogP contribution in [-0.2, 0) is 7.05 Å². The summed E-state index contributed by atoms with van der Waals surface area (Å²) in [5.74, 6) is 0. The van der Waals surface area contributed by atoms with Gasteiger partial charge < -0.3 is 19.6 Å². The zero-order valence-corrected chi connectivity index (χ0v) is 38.3. The summed E-state index contributed by atoms with van der Waals surface area (Å²) in [6.07, 6.45) is 0. The van der Waals surface area contributed by atoms with E-state index in [0.29, 0.717) is 0 Å². The van der Waals surface area contributed by atoms with Crippen LogP contribution in [0.1, 0.15) is 0 Å². The van der Waals surface area contributed by atoms with Crippen molar-refractivity contribution in [3.8, 4) is 0 Å². The molecule has 2 N–H and O–H groups in total. The van der Waals surface area contributed by atoms with E-state index in [-0.39, 0.29) is 0 Å².